The lowest BCUT2D eigenvalue weighted by Gasteiger charge is -2.14. The molecule has 0 saturated heterocycles. The summed E-state index contributed by atoms with van der Waals surface area (Å²) in [5.41, 5.74) is 2.06. The Labute approximate surface area is 134 Å². The van der Waals surface area contributed by atoms with Crippen molar-refractivity contribution in [2.45, 2.75) is 25.9 Å². The van der Waals surface area contributed by atoms with Crippen molar-refractivity contribution in [3.8, 4) is 0 Å². The number of nitrogens with zero attached hydrogens (tertiary/aromatic N) is 2. The Morgan fingerprint density at radius 2 is 2.10 bits per heavy atom. The van der Waals surface area contributed by atoms with Crippen LogP contribution in [0.5, 0.6) is 0 Å². The van der Waals surface area contributed by atoms with E-state index in [0.717, 1.165) is 22.3 Å². The first kappa shape index (κ1) is 15.7. The first-order chi connectivity index (χ1) is 9.45. The van der Waals surface area contributed by atoms with E-state index < -0.39 is 11.9 Å². The molecule has 0 amide bonds. The molecule has 0 aliphatic carbocycles. The average Bonchev–Trinajstić information content (AvgIpc) is 2.66. The van der Waals surface area contributed by atoms with Gasteiger partial charge in [-0.1, -0.05) is 28.9 Å². The SMILES string of the molecule is CCc1nn(C)c(CC(O)c2c(F)cccc2Br)c1Br. The molecule has 0 aliphatic heterocycles. The molecule has 1 aromatic carbocycles. The quantitative estimate of drug-likeness (QED) is 0.836. The third-order valence-corrected chi connectivity index (χ3v) is 4.83. The summed E-state index contributed by atoms with van der Waals surface area (Å²) in [6.45, 7) is 2.01. The molecule has 0 spiro atoms. The molecule has 3 nitrogen and oxygen atoms in total. The fraction of sp³-hybridized carbons (Fsp3) is 0.357. The van der Waals surface area contributed by atoms with Crippen molar-refractivity contribution in [1.82, 2.24) is 9.78 Å². The van der Waals surface area contributed by atoms with Crippen molar-refractivity contribution in [2.24, 2.45) is 7.05 Å². The highest BCUT2D eigenvalue weighted by Gasteiger charge is 2.21. The maximum Gasteiger partial charge on any atom is 0.130 e. The smallest absolute Gasteiger partial charge is 0.130 e. The van der Waals surface area contributed by atoms with Crippen molar-refractivity contribution in [2.75, 3.05) is 0 Å². The van der Waals surface area contributed by atoms with Gasteiger partial charge in [0, 0.05) is 23.5 Å². The van der Waals surface area contributed by atoms with Crippen LogP contribution in [0.15, 0.2) is 27.1 Å². The van der Waals surface area contributed by atoms with E-state index in [4.69, 9.17) is 0 Å². The highest BCUT2D eigenvalue weighted by atomic mass is 79.9. The molecule has 1 heterocycles. The summed E-state index contributed by atoms with van der Waals surface area (Å²) in [4.78, 5) is 0. The standard InChI is InChI=1S/C14H15Br2FN2O/c1-3-10-14(16)11(19(2)18-10)7-12(20)13-8(15)5-4-6-9(13)17/h4-6,12,20H,3,7H2,1-2H3. The molecule has 1 atom stereocenters. The molecule has 0 bridgehead atoms. The van der Waals surface area contributed by atoms with Crippen molar-refractivity contribution < 1.29 is 9.50 Å². The molecule has 2 rings (SSSR count). The molecule has 1 aromatic heterocycles. The molecule has 20 heavy (non-hydrogen) atoms. The van der Waals surface area contributed by atoms with E-state index in [1.807, 2.05) is 14.0 Å². The first-order valence-corrected chi connectivity index (χ1v) is 7.86. The number of benzene rings is 1. The summed E-state index contributed by atoms with van der Waals surface area (Å²) >= 11 is 6.78. The molecule has 6 heteroatoms. The summed E-state index contributed by atoms with van der Waals surface area (Å²) in [5, 5.41) is 14.7. The molecule has 0 fully saturated rings. The zero-order chi connectivity index (χ0) is 14.9. The van der Waals surface area contributed by atoms with Crippen LogP contribution in [0.2, 0.25) is 0 Å². The minimum Gasteiger partial charge on any atom is -0.388 e. The van der Waals surface area contributed by atoms with Gasteiger partial charge in [-0.05, 0) is 34.5 Å². The van der Waals surface area contributed by atoms with Crippen LogP contribution in [0, 0.1) is 5.82 Å². The molecule has 0 radical (unpaired) electrons. The maximum absolute atomic E-state index is 13.9. The average molecular weight is 406 g/mol. The van der Waals surface area contributed by atoms with Crippen molar-refractivity contribution in [1.29, 1.82) is 0 Å². The summed E-state index contributed by atoms with van der Waals surface area (Å²) in [7, 11) is 1.82. The molecule has 0 aliphatic rings. The van der Waals surface area contributed by atoms with E-state index >= 15 is 0 Å². The Bertz CT molecular complexity index is 608. The van der Waals surface area contributed by atoms with Gasteiger partial charge < -0.3 is 5.11 Å². The molecular formula is C14H15Br2FN2O. The molecule has 108 valence electrons. The van der Waals surface area contributed by atoms with Gasteiger partial charge in [-0.3, -0.25) is 4.68 Å². The normalized spacial score (nSPS) is 12.7. The van der Waals surface area contributed by atoms with E-state index in [2.05, 4.69) is 37.0 Å². The molecular weight excluding hydrogens is 391 g/mol. The van der Waals surface area contributed by atoms with Crippen LogP contribution in [0.4, 0.5) is 4.39 Å². The van der Waals surface area contributed by atoms with Gasteiger partial charge in [-0.15, -0.1) is 0 Å². The van der Waals surface area contributed by atoms with Crippen molar-refractivity contribution >= 4 is 31.9 Å². The minimum atomic E-state index is -0.929. The maximum atomic E-state index is 13.9. The Balaban J connectivity index is 2.33. The summed E-state index contributed by atoms with van der Waals surface area (Å²) in [5.74, 6) is -0.416. The Morgan fingerprint density at radius 1 is 1.40 bits per heavy atom. The number of aliphatic hydroxyl groups excluding tert-OH is 1. The molecule has 2 aromatic rings. The van der Waals surface area contributed by atoms with E-state index in [-0.39, 0.29) is 5.56 Å². The second kappa shape index (κ2) is 6.37. The zero-order valence-electron chi connectivity index (χ0n) is 11.2. The van der Waals surface area contributed by atoms with E-state index in [0.29, 0.717) is 10.9 Å². The fourth-order valence-electron chi connectivity index (χ4n) is 2.16. The van der Waals surface area contributed by atoms with Gasteiger partial charge in [-0.25, -0.2) is 4.39 Å². The number of aliphatic hydroxyl groups is 1. The lowest BCUT2D eigenvalue weighted by Crippen LogP contribution is -2.09. The van der Waals surface area contributed by atoms with Crippen molar-refractivity contribution in [3.05, 3.63) is 49.9 Å². The number of aromatic nitrogens is 2. The van der Waals surface area contributed by atoms with Crippen LogP contribution in [0.3, 0.4) is 0 Å². The van der Waals surface area contributed by atoms with Gasteiger partial charge in [0.15, 0.2) is 0 Å². The number of rotatable bonds is 4. The van der Waals surface area contributed by atoms with Gasteiger partial charge in [0.25, 0.3) is 0 Å². The van der Waals surface area contributed by atoms with Gasteiger partial charge in [0.1, 0.15) is 5.82 Å². The second-order valence-corrected chi connectivity index (χ2v) is 6.19. The monoisotopic (exact) mass is 404 g/mol. The van der Waals surface area contributed by atoms with Crippen molar-refractivity contribution in [3.63, 3.8) is 0 Å². The van der Waals surface area contributed by atoms with Crippen LogP contribution in [0.1, 0.15) is 30.0 Å². The minimum absolute atomic E-state index is 0.277. The Hall–Kier alpha value is -0.720. The van der Waals surface area contributed by atoms with E-state index in [1.165, 1.54) is 6.07 Å². The van der Waals surface area contributed by atoms with Crippen LogP contribution < -0.4 is 0 Å². The summed E-state index contributed by atoms with van der Waals surface area (Å²) in [6.07, 6.45) is 0.166. The van der Waals surface area contributed by atoms with Crippen LogP contribution in [0.25, 0.3) is 0 Å². The predicted octanol–water partition coefficient (Wildman–Crippen LogP) is 3.92. The highest BCUT2D eigenvalue weighted by molar-refractivity contribution is 9.10. The van der Waals surface area contributed by atoms with Crippen LogP contribution in [-0.4, -0.2) is 14.9 Å². The molecule has 1 unspecified atom stereocenters. The Kier molecular flexibility index (Phi) is 4.99. The lowest BCUT2D eigenvalue weighted by molar-refractivity contribution is 0.170. The van der Waals surface area contributed by atoms with Gasteiger partial charge >= 0.3 is 0 Å². The number of aryl methyl sites for hydroxylation is 2. The van der Waals surface area contributed by atoms with E-state index in [9.17, 15) is 9.50 Å². The number of hydrogen-bond donors (Lipinski definition) is 1. The largest absolute Gasteiger partial charge is 0.388 e. The van der Waals surface area contributed by atoms with Gasteiger partial charge in [0.2, 0.25) is 0 Å². The lowest BCUT2D eigenvalue weighted by atomic mass is 10.0. The summed E-state index contributed by atoms with van der Waals surface area (Å²) in [6, 6.07) is 4.67. The predicted molar refractivity (Wildman–Crippen MR) is 83.0 cm³/mol. The van der Waals surface area contributed by atoms with Gasteiger partial charge in [0.05, 0.1) is 22.0 Å². The fourth-order valence-corrected chi connectivity index (χ4v) is 3.54. The van der Waals surface area contributed by atoms with Gasteiger partial charge in [-0.2, -0.15) is 5.10 Å². The topological polar surface area (TPSA) is 38.0 Å². The van der Waals surface area contributed by atoms with E-state index in [1.54, 1.807) is 16.8 Å². The summed E-state index contributed by atoms with van der Waals surface area (Å²) < 4.78 is 17.0. The zero-order valence-corrected chi connectivity index (χ0v) is 14.4. The molecule has 0 saturated carbocycles. The number of hydrogen-bond acceptors (Lipinski definition) is 2. The third kappa shape index (κ3) is 2.97. The van der Waals surface area contributed by atoms with Crippen LogP contribution in [-0.2, 0) is 19.9 Å². The second-order valence-electron chi connectivity index (χ2n) is 4.54. The first-order valence-electron chi connectivity index (χ1n) is 6.27. The number of halogens is 3. The highest BCUT2D eigenvalue weighted by Crippen LogP contribution is 2.31. The third-order valence-electron chi connectivity index (χ3n) is 3.22. The molecule has 1 N–H and O–H groups in total. The van der Waals surface area contributed by atoms with Crippen LogP contribution >= 0.6 is 31.9 Å². The Morgan fingerprint density at radius 3 is 2.65 bits per heavy atom.